The second kappa shape index (κ2) is 6.57. The SMILES string of the molecule is CCNc1cc(N(CC#N)CC#N)nc(C(F)(F)F)n1. The summed E-state index contributed by atoms with van der Waals surface area (Å²) in [4.78, 5) is 7.87. The molecule has 20 heavy (non-hydrogen) atoms. The summed E-state index contributed by atoms with van der Waals surface area (Å²) in [5.74, 6) is -1.44. The third kappa shape index (κ3) is 3.99. The van der Waals surface area contributed by atoms with E-state index in [4.69, 9.17) is 10.5 Å². The van der Waals surface area contributed by atoms with E-state index in [0.717, 1.165) is 4.90 Å². The number of nitrogens with one attached hydrogen (secondary N) is 1. The number of nitriles is 2. The molecule has 106 valence electrons. The lowest BCUT2D eigenvalue weighted by Gasteiger charge is -2.19. The van der Waals surface area contributed by atoms with Gasteiger partial charge in [0, 0.05) is 12.6 Å². The van der Waals surface area contributed by atoms with Gasteiger partial charge in [0.2, 0.25) is 5.82 Å². The summed E-state index contributed by atoms with van der Waals surface area (Å²) >= 11 is 0. The fourth-order valence-electron chi connectivity index (χ4n) is 1.38. The van der Waals surface area contributed by atoms with Crippen molar-refractivity contribution in [2.45, 2.75) is 13.1 Å². The quantitative estimate of drug-likeness (QED) is 0.829. The summed E-state index contributed by atoms with van der Waals surface area (Å²) in [5, 5.41) is 19.9. The van der Waals surface area contributed by atoms with E-state index in [1.165, 1.54) is 6.07 Å². The molecule has 0 radical (unpaired) electrons. The predicted octanol–water partition coefficient (Wildman–Crippen LogP) is 1.78. The van der Waals surface area contributed by atoms with Gasteiger partial charge in [0.15, 0.2) is 0 Å². The maximum atomic E-state index is 12.7. The lowest BCUT2D eigenvalue weighted by atomic mass is 10.4. The Morgan fingerprint density at radius 1 is 1.25 bits per heavy atom. The van der Waals surface area contributed by atoms with E-state index in [1.54, 1.807) is 19.1 Å². The van der Waals surface area contributed by atoms with Gasteiger partial charge in [-0.25, -0.2) is 9.97 Å². The van der Waals surface area contributed by atoms with E-state index < -0.39 is 12.0 Å². The molecule has 0 amide bonds. The average molecular weight is 284 g/mol. The molecule has 0 spiro atoms. The van der Waals surface area contributed by atoms with Crippen LogP contribution in [0.3, 0.4) is 0 Å². The molecule has 1 heterocycles. The molecule has 0 saturated heterocycles. The lowest BCUT2D eigenvalue weighted by molar-refractivity contribution is -0.144. The number of rotatable bonds is 5. The largest absolute Gasteiger partial charge is 0.451 e. The molecule has 9 heteroatoms. The second-order valence-corrected chi connectivity index (χ2v) is 3.64. The Hall–Kier alpha value is -2.55. The van der Waals surface area contributed by atoms with Crippen molar-refractivity contribution in [3.8, 4) is 12.1 Å². The van der Waals surface area contributed by atoms with E-state index in [1.807, 2.05) is 0 Å². The van der Waals surface area contributed by atoms with Crippen LogP contribution in [0.4, 0.5) is 24.8 Å². The monoisotopic (exact) mass is 284 g/mol. The van der Waals surface area contributed by atoms with Crippen molar-refractivity contribution in [3.63, 3.8) is 0 Å². The highest BCUT2D eigenvalue weighted by molar-refractivity contribution is 5.50. The van der Waals surface area contributed by atoms with Crippen molar-refractivity contribution >= 4 is 11.6 Å². The topological polar surface area (TPSA) is 88.6 Å². The molecule has 1 aromatic heterocycles. The molecular formula is C11H11F3N6. The number of anilines is 2. The molecule has 0 aliphatic heterocycles. The van der Waals surface area contributed by atoms with Gasteiger partial charge in [-0.3, -0.25) is 0 Å². The minimum atomic E-state index is -4.70. The van der Waals surface area contributed by atoms with Gasteiger partial charge in [-0.05, 0) is 6.92 Å². The molecule has 0 bridgehead atoms. The van der Waals surface area contributed by atoms with Crippen LogP contribution in [0.5, 0.6) is 0 Å². The van der Waals surface area contributed by atoms with Gasteiger partial charge < -0.3 is 10.2 Å². The third-order valence-electron chi connectivity index (χ3n) is 2.17. The summed E-state index contributed by atoms with van der Waals surface area (Å²) in [6.07, 6.45) is -4.70. The first-order valence-corrected chi connectivity index (χ1v) is 5.61. The minimum absolute atomic E-state index is 0.00861. The van der Waals surface area contributed by atoms with Crippen molar-refractivity contribution in [1.82, 2.24) is 9.97 Å². The summed E-state index contributed by atoms with van der Waals surface area (Å²) in [7, 11) is 0. The molecule has 1 N–H and O–H groups in total. The molecule has 0 atom stereocenters. The number of alkyl halides is 3. The van der Waals surface area contributed by atoms with Gasteiger partial charge in [0.05, 0.1) is 12.1 Å². The van der Waals surface area contributed by atoms with Crippen LogP contribution in [0, 0.1) is 22.7 Å². The maximum Gasteiger partial charge on any atom is 0.451 e. The van der Waals surface area contributed by atoms with Crippen molar-refractivity contribution < 1.29 is 13.2 Å². The number of hydrogen-bond acceptors (Lipinski definition) is 6. The number of aromatic nitrogens is 2. The first kappa shape index (κ1) is 15.5. The second-order valence-electron chi connectivity index (χ2n) is 3.64. The Bertz CT molecular complexity index is 527. The molecule has 1 rings (SSSR count). The normalized spacial score (nSPS) is 10.5. The van der Waals surface area contributed by atoms with Gasteiger partial charge >= 0.3 is 6.18 Å². The van der Waals surface area contributed by atoms with E-state index in [2.05, 4.69) is 15.3 Å². The molecule has 0 fully saturated rings. The van der Waals surface area contributed by atoms with Crippen LogP contribution in [0.25, 0.3) is 0 Å². The van der Waals surface area contributed by atoms with Crippen LogP contribution in [-0.2, 0) is 6.18 Å². The van der Waals surface area contributed by atoms with E-state index in [0.29, 0.717) is 6.54 Å². The maximum absolute atomic E-state index is 12.7. The lowest BCUT2D eigenvalue weighted by Crippen LogP contribution is -2.26. The van der Waals surface area contributed by atoms with Crippen molar-refractivity contribution in [2.24, 2.45) is 0 Å². The van der Waals surface area contributed by atoms with E-state index >= 15 is 0 Å². The Morgan fingerprint density at radius 3 is 2.30 bits per heavy atom. The van der Waals surface area contributed by atoms with Crippen LogP contribution < -0.4 is 10.2 Å². The van der Waals surface area contributed by atoms with Crippen LogP contribution in [0.2, 0.25) is 0 Å². The zero-order valence-corrected chi connectivity index (χ0v) is 10.6. The van der Waals surface area contributed by atoms with Crippen molar-refractivity contribution in [3.05, 3.63) is 11.9 Å². The molecular weight excluding hydrogens is 273 g/mol. The van der Waals surface area contributed by atoms with Gasteiger partial charge in [-0.2, -0.15) is 23.7 Å². The highest BCUT2D eigenvalue weighted by Gasteiger charge is 2.35. The van der Waals surface area contributed by atoms with E-state index in [-0.39, 0.29) is 24.7 Å². The van der Waals surface area contributed by atoms with Gasteiger partial charge in [0.25, 0.3) is 0 Å². The van der Waals surface area contributed by atoms with Crippen LogP contribution in [-0.4, -0.2) is 29.6 Å². The van der Waals surface area contributed by atoms with Crippen LogP contribution in [0.1, 0.15) is 12.7 Å². The summed E-state index contributed by atoms with van der Waals surface area (Å²) in [5.41, 5.74) is 0. The van der Waals surface area contributed by atoms with Gasteiger partial charge in [-0.15, -0.1) is 0 Å². The van der Waals surface area contributed by atoms with Gasteiger partial charge in [-0.1, -0.05) is 0 Å². The summed E-state index contributed by atoms with van der Waals surface area (Å²) < 4.78 is 38.2. The van der Waals surface area contributed by atoms with Gasteiger partial charge in [0.1, 0.15) is 24.7 Å². The molecule has 0 saturated carbocycles. The molecule has 0 unspecified atom stereocenters. The molecule has 0 aliphatic rings. The van der Waals surface area contributed by atoms with Crippen molar-refractivity contribution in [1.29, 1.82) is 10.5 Å². The third-order valence-corrected chi connectivity index (χ3v) is 2.17. The Kier molecular flexibility index (Phi) is 5.09. The first-order chi connectivity index (χ1) is 9.42. The Balaban J connectivity index is 3.27. The minimum Gasteiger partial charge on any atom is -0.370 e. The zero-order chi connectivity index (χ0) is 15.2. The fourth-order valence-corrected chi connectivity index (χ4v) is 1.38. The van der Waals surface area contributed by atoms with E-state index in [9.17, 15) is 13.2 Å². The summed E-state index contributed by atoms with van der Waals surface area (Å²) in [6, 6.07) is 4.82. The van der Waals surface area contributed by atoms with Crippen LogP contribution in [0.15, 0.2) is 6.07 Å². The number of nitrogens with zero attached hydrogens (tertiary/aromatic N) is 5. The number of hydrogen-bond donors (Lipinski definition) is 1. The first-order valence-electron chi connectivity index (χ1n) is 5.61. The fraction of sp³-hybridized carbons (Fsp3) is 0.455. The summed E-state index contributed by atoms with van der Waals surface area (Å²) in [6.45, 7) is 1.60. The highest BCUT2D eigenvalue weighted by atomic mass is 19.4. The smallest absolute Gasteiger partial charge is 0.370 e. The van der Waals surface area contributed by atoms with Crippen LogP contribution >= 0.6 is 0 Å². The standard InChI is InChI=1S/C11H11F3N6/c1-2-17-8-7-9(20(5-3-15)6-4-16)19-10(18-8)11(12,13)14/h7H,2,5-6H2,1H3,(H,17,18,19). The zero-order valence-electron chi connectivity index (χ0n) is 10.6. The molecule has 0 aromatic carbocycles. The molecule has 6 nitrogen and oxygen atoms in total. The highest BCUT2D eigenvalue weighted by Crippen LogP contribution is 2.29. The molecule has 0 aliphatic carbocycles. The molecule has 1 aromatic rings. The number of halogens is 3. The average Bonchev–Trinajstić information content (AvgIpc) is 2.37. The Morgan fingerprint density at radius 2 is 1.85 bits per heavy atom. The Labute approximate surface area is 113 Å². The predicted molar refractivity (Wildman–Crippen MR) is 64.6 cm³/mol. The van der Waals surface area contributed by atoms with Crippen molar-refractivity contribution in [2.75, 3.05) is 29.9 Å².